The van der Waals surface area contributed by atoms with E-state index in [0.717, 1.165) is 22.6 Å². The molecular formula is C24H28N4O6S2. The van der Waals surface area contributed by atoms with E-state index < -0.39 is 11.9 Å². The number of aromatic nitrogens is 3. The third-order valence-electron chi connectivity index (χ3n) is 5.22. The van der Waals surface area contributed by atoms with E-state index in [1.165, 1.54) is 26.0 Å². The standard InChI is InChI=1S/C24H28N4O6S2/c1-7-28-20(15(4)34-16-10-8-9-13(2)11-16)26-27-24(28)35-12-17(29)25-21-18(22(30)32-5)14(3)19(36-21)23(31)33-6/h8-11,15H,7,12H2,1-6H3,(H,25,29). The molecule has 3 aromatic rings. The summed E-state index contributed by atoms with van der Waals surface area (Å²) in [5.74, 6) is -0.231. The number of amides is 1. The van der Waals surface area contributed by atoms with Crippen LogP contribution in [0.3, 0.4) is 0 Å². The summed E-state index contributed by atoms with van der Waals surface area (Å²) < 4.78 is 17.5. The Hall–Kier alpha value is -3.38. The minimum absolute atomic E-state index is 0.0103. The Labute approximate surface area is 217 Å². The van der Waals surface area contributed by atoms with Gasteiger partial charge < -0.3 is 24.1 Å². The highest BCUT2D eigenvalue weighted by Gasteiger charge is 2.27. The van der Waals surface area contributed by atoms with Crippen molar-refractivity contribution >= 4 is 45.9 Å². The van der Waals surface area contributed by atoms with Crippen LogP contribution in [0.5, 0.6) is 5.75 Å². The lowest BCUT2D eigenvalue weighted by Gasteiger charge is -2.16. The fraction of sp³-hybridized carbons (Fsp3) is 0.375. The normalized spacial score (nSPS) is 11.6. The highest BCUT2D eigenvalue weighted by atomic mass is 32.2. The quantitative estimate of drug-likeness (QED) is 0.299. The average Bonchev–Trinajstić information content (AvgIpc) is 3.42. The zero-order valence-corrected chi connectivity index (χ0v) is 22.5. The number of carbonyl (C=O) groups is 3. The molecule has 0 spiro atoms. The molecule has 1 aromatic carbocycles. The molecule has 0 bridgehead atoms. The van der Waals surface area contributed by atoms with E-state index in [1.807, 2.05) is 49.6 Å². The summed E-state index contributed by atoms with van der Waals surface area (Å²) in [6.45, 7) is 8.04. The zero-order valence-electron chi connectivity index (χ0n) is 20.9. The number of hydrogen-bond acceptors (Lipinski definition) is 10. The number of ether oxygens (including phenoxy) is 3. The Morgan fingerprint density at radius 3 is 2.50 bits per heavy atom. The number of rotatable bonds is 10. The van der Waals surface area contributed by atoms with Gasteiger partial charge in [-0.05, 0) is 51.0 Å². The Balaban J connectivity index is 1.72. The highest BCUT2D eigenvalue weighted by molar-refractivity contribution is 7.99. The molecule has 1 atom stereocenters. The largest absolute Gasteiger partial charge is 0.483 e. The summed E-state index contributed by atoms with van der Waals surface area (Å²) in [5.41, 5.74) is 1.61. The van der Waals surface area contributed by atoms with Gasteiger partial charge in [-0.3, -0.25) is 4.79 Å². The number of thiophene rings is 1. The van der Waals surface area contributed by atoms with E-state index >= 15 is 0 Å². The van der Waals surface area contributed by atoms with Crippen LogP contribution in [-0.4, -0.2) is 52.6 Å². The van der Waals surface area contributed by atoms with E-state index in [4.69, 9.17) is 14.2 Å². The van der Waals surface area contributed by atoms with E-state index in [-0.39, 0.29) is 33.2 Å². The van der Waals surface area contributed by atoms with Crippen molar-refractivity contribution in [3.8, 4) is 5.75 Å². The predicted molar refractivity (Wildman–Crippen MR) is 137 cm³/mol. The summed E-state index contributed by atoms with van der Waals surface area (Å²) in [7, 11) is 2.48. The molecule has 0 aliphatic carbocycles. The summed E-state index contributed by atoms with van der Waals surface area (Å²) >= 11 is 2.17. The van der Waals surface area contributed by atoms with Crippen molar-refractivity contribution in [3.05, 3.63) is 51.7 Å². The van der Waals surface area contributed by atoms with Crippen LogP contribution < -0.4 is 10.1 Å². The summed E-state index contributed by atoms with van der Waals surface area (Å²) in [6.07, 6.45) is -0.351. The average molecular weight is 533 g/mol. The summed E-state index contributed by atoms with van der Waals surface area (Å²) in [5, 5.41) is 12.0. The molecule has 0 fully saturated rings. The Bertz CT molecular complexity index is 1270. The number of nitrogens with zero attached hydrogens (tertiary/aromatic N) is 3. The lowest BCUT2D eigenvalue weighted by Crippen LogP contribution is -2.17. The second-order valence-corrected chi connectivity index (χ2v) is 9.71. The molecule has 3 rings (SSSR count). The first-order valence-electron chi connectivity index (χ1n) is 11.1. The first-order chi connectivity index (χ1) is 17.2. The van der Waals surface area contributed by atoms with E-state index in [2.05, 4.69) is 15.5 Å². The molecule has 2 aromatic heterocycles. The molecule has 36 heavy (non-hydrogen) atoms. The first kappa shape index (κ1) is 27.2. The minimum atomic E-state index is -0.653. The Morgan fingerprint density at radius 1 is 1.14 bits per heavy atom. The lowest BCUT2D eigenvalue weighted by molar-refractivity contribution is -0.113. The van der Waals surface area contributed by atoms with Crippen molar-refractivity contribution in [1.82, 2.24) is 14.8 Å². The predicted octanol–water partition coefficient (Wildman–Crippen LogP) is 4.42. The van der Waals surface area contributed by atoms with Gasteiger partial charge in [0.2, 0.25) is 5.91 Å². The topological polar surface area (TPSA) is 122 Å². The molecule has 0 aliphatic rings. The number of esters is 2. The van der Waals surface area contributed by atoms with Crippen LogP contribution in [0.2, 0.25) is 0 Å². The molecule has 192 valence electrons. The van der Waals surface area contributed by atoms with Crippen LogP contribution in [0.25, 0.3) is 0 Å². The molecule has 0 radical (unpaired) electrons. The van der Waals surface area contributed by atoms with Gasteiger partial charge in [-0.2, -0.15) is 0 Å². The van der Waals surface area contributed by atoms with Gasteiger partial charge in [0.1, 0.15) is 15.6 Å². The monoisotopic (exact) mass is 532 g/mol. The van der Waals surface area contributed by atoms with Gasteiger partial charge in [0.25, 0.3) is 0 Å². The summed E-state index contributed by atoms with van der Waals surface area (Å²) in [4.78, 5) is 37.3. The molecule has 12 heteroatoms. The van der Waals surface area contributed by atoms with Crippen LogP contribution in [0.15, 0.2) is 29.4 Å². The van der Waals surface area contributed by atoms with E-state index in [0.29, 0.717) is 23.1 Å². The minimum Gasteiger partial charge on any atom is -0.483 e. The maximum Gasteiger partial charge on any atom is 0.348 e. The van der Waals surface area contributed by atoms with E-state index in [9.17, 15) is 14.4 Å². The number of thioether (sulfide) groups is 1. The molecule has 2 heterocycles. The van der Waals surface area contributed by atoms with Crippen molar-refractivity contribution in [1.29, 1.82) is 0 Å². The number of benzene rings is 1. The van der Waals surface area contributed by atoms with Crippen LogP contribution in [-0.2, 0) is 20.8 Å². The number of carbonyl (C=O) groups excluding carboxylic acids is 3. The smallest absolute Gasteiger partial charge is 0.348 e. The zero-order chi connectivity index (χ0) is 26.4. The molecule has 1 N–H and O–H groups in total. The molecule has 10 nitrogen and oxygen atoms in total. The van der Waals surface area contributed by atoms with Crippen molar-refractivity contribution in [2.45, 2.75) is 45.5 Å². The molecule has 0 saturated heterocycles. The second-order valence-electron chi connectivity index (χ2n) is 7.74. The van der Waals surface area contributed by atoms with Gasteiger partial charge in [-0.15, -0.1) is 21.5 Å². The number of methoxy groups -OCH3 is 2. The van der Waals surface area contributed by atoms with Crippen molar-refractivity contribution in [3.63, 3.8) is 0 Å². The van der Waals surface area contributed by atoms with Crippen molar-refractivity contribution in [2.75, 3.05) is 25.3 Å². The molecule has 1 amide bonds. The van der Waals surface area contributed by atoms with Crippen LogP contribution in [0.4, 0.5) is 5.00 Å². The third-order valence-corrected chi connectivity index (χ3v) is 7.37. The van der Waals surface area contributed by atoms with Crippen molar-refractivity contribution in [2.24, 2.45) is 0 Å². The SMILES string of the molecule is CCn1c(SCC(=O)Nc2sc(C(=O)OC)c(C)c2C(=O)OC)nnc1C(C)Oc1cccc(C)c1. The van der Waals surface area contributed by atoms with Gasteiger partial charge in [0.05, 0.1) is 25.5 Å². The lowest BCUT2D eigenvalue weighted by atomic mass is 10.1. The van der Waals surface area contributed by atoms with Crippen LogP contribution >= 0.6 is 23.1 Å². The molecule has 1 unspecified atom stereocenters. The highest BCUT2D eigenvalue weighted by Crippen LogP contribution is 2.34. The fourth-order valence-corrected chi connectivity index (χ4v) is 5.42. The van der Waals surface area contributed by atoms with Crippen LogP contribution in [0, 0.1) is 13.8 Å². The Morgan fingerprint density at radius 2 is 1.86 bits per heavy atom. The molecule has 0 aliphatic heterocycles. The summed E-state index contributed by atoms with van der Waals surface area (Å²) in [6, 6.07) is 7.75. The van der Waals surface area contributed by atoms with Gasteiger partial charge in [-0.25, -0.2) is 9.59 Å². The molecular weight excluding hydrogens is 504 g/mol. The van der Waals surface area contributed by atoms with Gasteiger partial charge >= 0.3 is 11.9 Å². The van der Waals surface area contributed by atoms with Crippen molar-refractivity contribution < 1.29 is 28.6 Å². The fourth-order valence-electron chi connectivity index (χ4n) is 3.48. The number of anilines is 1. The van der Waals surface area contributed by atoms with Gasteiger partial charge in [-0.1, -0.05) is 23.9 Å². The maximum absolute atomic E-state index is 12.7. The van der Waals surface area contributed by atoms with Gasteiger partial charge in [0, 0.05) is 6.54 Å². The van der Waals surface area contributed by atoms with Crippen LogP contribution in [0.1, 0.15) is 56.9 Å². The third kappa shape index (κ3) is 6.05. The number of hydrogen-bond donors (Lipinski definition) is 1. The second kappa shape index (κ2) is 12.0. The van der Waals surface area contributed by atoms with E-state index in [1.54, 1.807) is 6.92 Å². The van der Waals surface area contributed by atoms with Gasteiger partial charge in [0.15, 0.2) is 17.1 Å². The first-order valence-corrected chi connectivity index (χ1v) is 12.9. The Kier molecular flexibility index (Phi) is 9.10. The number of nitrogens with one attached hydrogen (secondary N) is 1. The molecule has 0 saturated carbocycles. The number of aryl methyl sites for hydroxylation is 1. The maximum atomic E-state index is 12.7.